The van der Waals surface area contributed by atoms with Gasteiger partial charge in [-0.2, -0.15) is 0 Å². The van der Waals surface area contributed by atoms with Crippen LogP contribution in [0, 0.1) is 6.92 Å². The lowest BCUT2D eigenvalue weighted by atomic mass is 10.2. The van der Waals surface area contributed by atoms with E-state index in [4.69, 9.17) is 0 Å². The lowest BCUT2D eigenvalue weighted by molar-refractivity contribution is 0.780. The summed E-state index contributed by atoms with van der Waals surface area (Å²) >= 11 is 6.94. The zero-order valence-corrected chi connectivity index (χ0v) is 11.3. The van der Waals surface area contributed by atoms with Crippen molar-refractivity contribution < 1.29 is 0 Å². The fourth-order valence-corrected chi connectivity index (χ4v) is 2.38. The van der Waals surface area contributed by atoms with Gasteiger partial charge in [-0.3, -0.25) is 0 Å². The van der Waals surface area contributed by atoms with E-state index in [1.165, 1.54) is 5.56 Å². The molecule has 0 fully saturated rings. The summed E-state index contributed by atoms with van der Waals surface area (Å²) < 4.78 is 2.84. The average Bonchev–Trinajstić information content (AvgIpc) is 2.65. The van der Waals surface area contributed by atoms with Gasteiger partial charge in [-0.05, 0) is 40.5 Å². The van der Waals surface area contributed by atoms with Crippen LogP contribution in [0.4, 0.5) is 0 Å². The Morgan fingerprint density at radius 2 is 2.20 bits per heavy atom. The number of nitrogens with zero attached hydrogens (tertiary/aromatic N) is 3. The Morgan fingerprint density at radius 1 is 1.40 bits per heavy atom. The maximum Gasteiger partial charge on any atom is 0.0809 e. The molecule has 1 heterocycles. The van der Waals surface area contributed by atoms with Crippen LogP contribution in [-0.2, 0) is 5.33 Å². The molecule has 0 bridgehead atoms. The summed E-state index contributed by atoms with van der Waals surface area (Å²) in [5, 5.41) is 8.69. The third-order valence-electron chi connectivity index (χ3n) is 2.09. The van der Waals surface area contributed by atoms with Crippen molar-refractivity contribution in [2.24, 2.45) is 0 Å². The minimum Gasteiger partial charge on any atom is -0.216 e. The zero-order valence-electron chi connectivity index (χ0n) is 8.11. The summed E-state index contributed by atoms with van der Waals surface area (Å²) in [7, 11) is 0. The summed E-state index contributed by atoms with van der Waals surface area (Å²) in [6, 6.07) is 6.15. The maximum atomic E-state index is 4.05. The van der Waals surface area contributed by atoms with Crippen LogP contribution >= 0.6 is 31.9 Å². The Labute approximate surface area is 105 Å². The molecule has 0 saturated heterocycles. The van der Waals surface area contributed by atoms with E-state index in [2.05, 4.69) is 61.2 Å². The van der Waals surface area contributed by atoms with Gasteiger partial charge in [0, 0.05) is 9.80 Å². The zero-order chi connectivity index (χ0) is 10.8. The summed E-state index contributed by atoms with van der Waals surface area (Å²) in [5.41, 5.74) is 3.25. The summed E-state index contributed by atoms with van der Waals surface area (Å²) in [6.07, 6.45) is 1.75. The van der Waals surface area contributed by atoms with Crippen LogP contribution in [-0.4, -0.2) is 15.0 Å². The molecule has 0 aliphatic rings. The normalized spacial score (nSPS) is 10.6. The maximum absolute atomic E-state index is 4.05. The van der Waals surface area contributed by atoms with E-state index in [0.29, 0.717) is 0 Å². The van der Waals surface area contributed by atoms with Gasteiger partial charge in [-0.25, -0.2) is 4.68 Å². The van der Waals surface area contributed by atoms with E-state index in [1.807, 2.05) is 10.7 Å². The van der Waals surface area contributed by atoms with E-state index in [9.17, 15) is 0 Å². The van der Waals surface area contributed by atoms with Gasteiger partial charge in [0.1, 0.15) is 0 Å². The first-order valence-electron chi connectivity index (χ1n) is 4.44. The molecule has 1 aromatic carbocycles. The van der Waals surface area contributed by atoms with Gasteiger partial charge in [-0.1, -0.05) is 27.2 Å². The smallest absolute Gasteiger partial charge is 0.0809 e. The highest BCUT2D eigenvalue weighted by Gasteiger charge is 2.08. The molecule has 2 rings (SSSR count). The molecule has 0 N–H and O–H groups in total. The molecular formula is C10H9Br2N3. The molecule has 0 radical (unpaired) electrons. The quantitative estimate of drug-likeness (QED) is 0.791. The summed E-state index contributed by atoms with van der Waals surface area (Å²) in [6.45, 7) is 2.06. The average molecular weight is 331 g/mol. The number of aromatic nitrogens is 3. The SMILES string of the molecule is Cc1ccc(-n2nncc2CBr)c(Br)c1. The second-order valence-electron chi connectivity index (χ2n) is 3.23. The fourth-order valence-electron chi connectivity index (χ4n) is 1.33. The molecular weight excluding hydrogens is 322 g/mol. The molecule has 0 spiro atoms. The molecule has 0 saturated carbocycles. The van der Waals surface area contributed by atoms with Gasteiger partial charge in [-0.15, -0.1) is 5.10 Å². The van der Waals surface area contributed by atoms with Gasteiger partial charge >= 0.3 is 0 Å². The number of halogens is 2. The number of benzene rings is 1. The van der Waals surface area contributed by atoms with Gasteiger partial charge in [0.05, 0.1) is 17.6 Å². The molecule has 0 aliphatic carbocycles. The second-order valence-corrected chi connectivity index (χ2v) is 4.64. The summed E-state index contributed by atoms with van der Waals surface area (Å²) in [4.78, 5) is 0. The van der Waals surface area contributed by atoms with Crippen LogP contribution in [0.2, 0.25) is 0 Å². The van der Waals surface area contributed by atoms with Crippen LogP contribution < -0.4 is 0 Å². The molecule has 15 heavy (non-hydrogen) atoms. The van der Waals surface area contributed by atoms with E-state index in [0.717, 1.165) is 21.2 Å². The second kappa shape index (κ2) is 4.45. The van der Waals surface area contributed by atoms with Crippen LogP contribution in [0.1, 0.15) is 11.3 Å². The highest BCUT2D eigenvalue weighted by Crippen LogP contribution is 2.23. The van der Waals surface area contributed by atoms with E-state index in [1.54, 1.807) is 6.20 Å². The molecule has 1 aromatic heterocycles. The molecule has 3 nitrogen and oxygen atoms in total. The number of hydrogen-bond donors (Lipinski definition) is 0. The molecule has 2 aromatic rings. The first kappa shape index (κ1) is 10.8. The van der Waals surface area contributed by atoms with E-state index in [-0.39, 0.29) is 0 Å². The van der Waals surface area contributed by atoms with Crippen LogP contribution in [0.3, 0.4) is 0 Å². The van der Waals surface area contributed by atoms with Crippen molar-refractivity contribution in [1.29, 1.82) is 0 Å². The van der Waals surface area contributed by atoms with Crippen LogP contribution in [0.15, 0.2) is 28.9 Å². The van der Waals surface area contributed by atoms with Crippen LogP contribution in [0.5, 0.6) is 0 Å². The fraction of sp³-hybridized carbons (Fsp3) is 0.200. The highest BCUT2D eigenvalue weighted by atomic mass is 79.9. The number of rotatable bonds is 2. The standard InChI is InChI=1S/C10H9Br2N3/c1-7-2-3-10(9(12)4-7)15-8(5-11)6-13-14-15/h2-4,6H,5H2,1H3. The Kier molecular flexibility index (Phi) is 3.21. The van der Waals surface area contributed by atoms with Crippen molar-refractivity contribution in [2.75, 3.05) is 0 Å². The van der Waals surface area contributed by atoms with E-state index >= 15 is 0 Å². The Hall–Kier alpha value is -0.680. The minimum atomic E-state index is 0.736. The van der Waals surface area contributed by atoms with Crippen LogP contribution in [0.25, 0.3) is 5.69 Å². The first-order valence-corrected chi connectivity index (χ1v) is 6.36. The van der Waals surface area contributed by atoms with Gasteiger partial charge in [0.15, 0.2) is 0 Å². The van der Waals surface area contributed by atoms with Crippen molar-refractivity contribution in [1.82, 2.24) is 15.0 Å². The molecule has 0 aliphatic heterocycles. The predicted octanol–water partition coefficient (Wildman–Crippen LogP) is 3.23. The van der Waals surface area contributed by atoms with Crippen molar-refractivity contribution in [3.8, 4) is 5.69 Å². The Bertz CT molecular complexity index is 479. The van der Waals surface area contributed by atoms with Crippen molar-refractivity contribution in [3.05, 3.63) is 40.1 Å². The number of alkyl halides is 1. The van der Waals surface area contributed by atoms with Crippen molar-refractivity contribution in [3.63, 3.8) is 0 Å². The molecule has 5 heteroatoms. The Morgan fingerprint density at radius 3 is 2.87 bits per heavy atom. The van der Waals surface area contributed by atoms with Gasteiger partial charge in [0.25, 0.3) is 0 Å². The summed E-state index contributed by atoms with van der Waals surface area (Å²) in [5.74, 6) is 0. The van der Waals surface area contributed by atoms with Gasteiger partial charge < -0.3 is 0 Å². The number of aryl methyl sites for hydroxylation is 1. The highest BCUT2D eigenvalue weighted by molar-refractivity contribution is 9.10. The molecule has 0 unspecified atom stereocenters. The molecule has 0 amide bonds. The lowest BCUT2D eigenvalue weighted by Crippen LogP contribution is -2.01. The minimum absolute atomic E-state index is 0.736. The van der Waals surface area contributed by atoms with Gasteiger partial charge in [0.2, 0.25) is 0 Å². The van der Waals surface area contributed by atoms with Crippen molar-refractivity contribution >= 4 is 31.9 Å². The van der Waals surface area contributed by atoms with Crippen molar-refractivity contribution in [2.45, 2.75) is 12.3 Å². The largest absolute Gasteiger partial charge is 0.216 e. The predicted molar refractivity (Wildman–Crippen MR) is 66.4 cm³/mol. The monoisotopic (exact) mass is 329 g/mol. The molecule has 0 atom stereocenters. The third-order valence-corrected chi connectivity index (χ3v) is 3.30. The Balaban J connectivity index is 2.54. The first-order chi connectivity index (χ1) is 7.22. The molecule has 78 valence electrons. The topological polar surface area (TPSA) is 30.7 Å². The number of hydrogen-bond acceptors (Lipinski definition) is 2. The van der Waals surface area contributed by atoms with E-state index < -0.39 is 0 Å². The third kappa shape index (κ3) is 2.13. The lowest BCUT2D eigenvalue weighted by Gasteiger charge is -2.07.